The van der Waals surface area contributed by atoms with E-state index in [0.717, 1.165) is 6.42 Å². The second-order valence-corrected chi connectivity index (χ2v) is 3.87. The number of hydrogen-bond acceptors (Lipinski definition) is 3. The summed E-state index contributed by atoms with van der Waals surface area (Å²) < 4.78 is 0. The number of nitrogens with one attached hydrogen (secondary N) is 1. The van der Waals surface area contributed by atoms with Crippen molar-refractivity contribution >= 4 is 24.2 Å². The molecule has 2 fully saturated rings. The summed E-state index contributed by atoms with van der Waals surface area (Å²) >= 11 is 0. The van der Waals surface area contributed by atoms with E-state index >= 15 is 0 Å². The van der Waals surface area contributed by atoms with Crippen LogP contribution in [-0.2, 0) is 9.59 Å². The van der Waals surface area contributed by atoms with Crippen LogP contribution in [0.1, 0.15) is 12.8 Å². The Bertz CT molecular complexity index is 271. The van der Waals surface area contributed by atoms with Gasteiger partial charge >= 0.3 is 0 Å². The topological polar surface area (TPSA) is 98.2 Å². The van der Waals surface area contributed by atoms with Gasteiger partial charge in [-0.05, 0) is 18.8 Å². The van der Waals surface area contributed by atoms with Gasteiger partial charge in [-0.25, -0.2) is 0 Å². The minimum Gasteiger partial charge on any atom is -0.368 e. The summed E-state index contributed by atoms with van der Waals surface area (Å²) in [7, 11) is 0. The monoisotopic (exact) mass is 219 g/mol. The third-order valence-corrected chi connectivity index (χ3v) is 2.89. The maximum atomic E-state index is 11.3. The van der Waals surface area contributed by atoms with Crippen LogP contribution in [0.5, 0.6) is 0 Å². The molecule has 2 aliphatic rings. The highest BCUT2D eigenvalue weighted by Crippen LogP contribution is 2.44. The molecule has 1 saturated heterocycles. The first-order chi connectivity index (χ1) is 6.09. The van der Waals surface area contributed by atoms with E-state index in [0.29, 0.717) is 18.4 Å². The highest BCUT2D eigenvalue weighted by molar-refractivity contribution is 5.86. The SMILES string of the molecule is Cl.NC(=O)C(N)C[C@H]1C(=O)N[C@H]2C[C@H]21. The molecule has 1 unspecified atom stereocenters. The van der Waals surface area contributed by atoms with Gasteiger partial charge in [-0.1, -0.05) is 0 Å². The number of fused-ring (bicyclic) bond motifs is 1. The number of carbonyl (C=O) groups excluding carboxylic acids is 2. The average Bonchev–Trinajstić information content (AvgIpc) is 2.72. The Hall–Kier alpha value is -0.810. The molecular weight excluding hydrogens is 206 g/mol. The Labute approximate surface area is 88.0 Å². The smallest absolute Gasteiger partial charge is 0.234 e. The number of amides is 2. The molecule has 2 amide bonds. The van der Waals surface area contributed by atoms with E-state index in [4.69, 9.17) is 11.5 Å². The van der Waals surface area contributed by atoms with E-state index in [9.17, 15) is 9.59 Å². The zero-order valence-corrected chi connectivity index (χ0v) is 8.42. The molecule has 0 spiro atoms. The Morgan fingerprint density at radius 1 is 1.64 bits per heavy atom. The summed E-state index contributed by atoms with van der Waals surface area (Å²) in [6.45, 7) is 0. The second kappa shape index (κ2) is 3.74. The van der Waals surface area contributed by atoms with Crippen LogP contribution in [0.4, 0.5) is 0 Å². The molecule has 2 rings (SSSR count). The van der Waals surface area contributed by atoms with Crippen LogP contribution < -0.4 is 16.8 Å². The molecule has 0 aromatic heterocycles. The van der Waals surface area contributed by atoms with E-state index in [1.807, 2.05) is 0 Å². The molecule has 1 saturated carbocycles. The van der Waals surface area contributed by atoms with Gasteiger partial charge in [0, 0.05) is 12.0 Å². The molecule has 14 heavy (non-hydrogen) atoms. The van der Waals surface area contributed by atoms with Gasteiger partial charge in [-0.2, -0.15) is 0 Å². The Morgan fingerprint density at radius 3 is 2.71 bits per heavy atom. The summed E-state index contributed by atoms with van der Waals surface area (Å²) in [5, 5.41) is 2.84. The zero-order chi connectivity index (χ0) is 9.59. The van der Waals surface area contributed by atoms with Gasteiger partial charge in [-0.3, -0.25) is 9.59 Å². The molecule has 5 nitrogen and oxygen atoms in total. The van der Waals surface area contributed by atoms with Crippen LogP contribution in [0.2, 0.25) is 0 Å². The summed E-state index contributed by atoms with van der Waals surface area (Å²) in [5.74, 6) is -0.194. The van der Waals surface area contributed by atoms with Crippen LogP contribution in [0.3, 0.4) is 0 Å². The largest absolute Gasteiger partial charge is 0.368 e. The number of rotatable bonds is 3. The van der Waals surface area contributed by atoms with Crippen molar-refractivity contribution in [2.24, 2.45) is 23.3 Å². The molecule has 0 aromatic carbocycles. The first-order valence-electron chi connectivity index (χ1n) is 4.45. The predicted octanol–water partition coefficient (Wildman–Crippen LogP) is -1.25. The fraction of sp³-hybridized carbons (Fsp3) is 0.750. The molecular formula is C8H14ClN3O2. The number of hydrogen-bond donors (Lipinski definition) is 3. The maximum absolute atomic E-state index is 11.3. The number of nitrogens with two attached hydrogens (primary N) is 2. The first kappa shape index (κ1) is 11.3. The van der Waals surface area contributed by atoms with Gasteiger partial charge in [0.1, 0.15) is 0 Å². The molecule has 1 aliphatic carbocycles. The third-order valence-electron chi connectivity index (χ3n) is 2.89. The van der Waals surface area contributed by atoms with Crippen molar-refractivity contribution in [3.8, 4) is 0 Å². The summed E-state index contributed by atoms with van der Waals surface area (Å²) in [5.41, 5.74) is 10.5. The Balaban J connectivity index is 0.000000980. The fourth-order valence-electron chi connectivity index (χ4n) is 1.98. The van der Waals surface area contributed by atoms with Gasteiger partial charge in [-0.15, -0.1) is 12.4 Å². The van der Waals surface area contributed by atoms with Gasteiger partial charge < -0.3 is 16.8 Å². The molecule has 1 aliphatic heterocycles. The number of piperidine rings is 1. The molecule has 6 heteroatoms. The fourth-order valence-corrected chi connectivity index (χ4v) is 1.98. The summed E-state index contributed by atoms with van der Waals surface area (Å²) in [6.07, 6.45) is 1.42. The standard InChI is InChI=1S/C8H13N3O2.ClH/c9-5(7(10)12)1-4-3-2-6(3)11-8(4)13;/h3-6H,1-2,9H2,(H2,10,12)(H,11,13);1H/t3-,4+,5?,6-;/m0./s1. The van der Waals surface area contributed by atoms with Crippen molar-refractivity contribution in [3.05, 3.63) is 0 Å². The zero-order valence-electron chi connectivity index (χ0n) is 7.60. The average molecular weight is 220 g/mol. The van der Waals surface area contributed by atoms with Gasteiger partial charge in [0.25, 0.3) is 0 Å². The molecule has 0 radical (unpaired) electrons. The minimum atomic E-state index is -0.685. The van der Waals surface area contributed by atoms with Crippen molar-refractivity contribution in [1.29, 1.82) is 0 Å². The van der Waals surface area contributed by atoms with Crippen molar-refractivity contribution in [2.75, 3.05) is 0 Å². The van der Waals surface area contributed by atoms with E-state index in [1.165, 1.54) is 0 Å². The Kier molecular flexibility index (Phi) is 3.01. The van der Waals surface area contributed by atoms with Gasteiger partial charge in [0.05, 0.1) is 6.04 Å². The van der Waals surface area contributed by atoms with Crippen LogP contribution in [-0.4, -0.2) is 23.9 Å². The maximum Gasteiger partial charge on any atom is 0.234 e. The van der Waals surface area contributed by atoms with Crippen molar-refractivity contribution < 1.29 is 9.59 Å². The van der Waals surface area contributed by atoms with E-state index < -0.39 is 11.9 Å². The molecule has 0 bridgehead atoms. The molecule has 5 N–H and O–H groups in total. The van der Waals surface area contributed by atoms with Crippen LogP contribution >= 0.6 is 12.4 Å². The first-order valence-corrected chi connectivity index (χ1v) is 4.45. The third kappa shape index (κ3) is 1.83. The highest BCUT2D eigenvalue weighted by Gasteiger charge is 2.53. The quantitative estimate of drug-likeness (QED) is 0.553. The van der Waals surface area contributed by atoms with E-state index in [-0.39, 0.29) is 24.2 Å². The molecule has 80 valence electrons. The Morgan fingerprint density at radius 2 is 2.29 bits per heavy atom. The molecule has 4 atom stereocenters. The van der Waals surface area contributed by atoms with E-state index in [1.54, 1.807) is 0 Å². The van der Waals surface area contributed by atoms with Gasteiger partial charge in [0.2, 0.25) is 11.8 Å². The minimum absolute atomic E-state index is 0. The molecule has 0 aromatic rings. The van der Waals surface area contributed by atoms with Gasteiger partial charge in [0.15, 0.2) is 0 Å². The number of carbonyl (C=O) groups is 2. The number of primary amides is 1. The van der Waals surface area contributed by atoms with Crippen LogP contribution in [0, 0.1) is 11.8 Å². The second-order valence-electron chi connectivity index (χ2n) is 3.87. The number of halogens is 1. The van der Waals surface area contributed by atoms with Crippen molar-refractivity contribution in [1.82, 2.24) is 5.32 Å². The lowest BCUT2D eigenvalue weighted by Crippen LogP contribution is -2.40. The normalized spacial score (nSPS) is 35.2. The van der Waals surface area contributed by atoms with Crippen molar-refractivity contribution in [2.45, 2.75) is 24.9 Å². The highest BCUT2D eigenvalue weighted by atomic mass is 35.5. The van der Waals surface area contributed by atoms with Crippen molar-refractivity contribution in [3.63, 3.8) is 0 Å². The lowest BCUT2D eigenvalue weighted by molar-refractivity contribution is -0.124. The predicted molar refractivity (Wildman–Crippen MR) is 52.6 cm³/mol. The molecule has 1 heterocycles. The van der Waals surface area contributed by atoms with E-state index in [2.05, 4.69) is 5.32 Å². The lowest BCUT2D eigenvalue weighted by atomic mass is 9.96. The van der Waals surface area contributed by atoms with Crippen LogP contribution in [0.25, 0.3) is 0 Å². The van der Waals surface area contributed by atoms with Crippen LogP contribution in [0.15, 0.2) is 0 Å². The summed E-state index contributed by atoms with van der Waals surface area (Å²) in [6, 6.07) is -0.340. The summed E-state index contributed by atoms with van der Waals surface area (Å²) in [4.78, 5) is 21.9. The lowest BCUT2D eigenvalue weighted by Gasteiger charge is -2.13.